The highest BCUT2D eigenvalue weighted by molar-refractivity contribution is 5.86. The first-order chi connectivity index (χ1) is 16.9. The summed E-state index contributed by atoms with van der Waals surface area (Å²) < 4.78 is 10.7. The van der Waals surface area contributed by atoms with Gasteiger partial charge >= 0.3 is 12.1 Å². The van der Waals surface area contributed by atoms with E-state index in [0.717, 1.165) is 22.3 Å². The number of carbonyl (C=O) groups is 3. The maximum Gasteiger partial charge on any atom is 0.407 e. The molecule has 2 aromatic carbocycles. The maximum atomic E-state index is 13.2. The van der Waals surface area contributed by atoms with Gasteiger partial charge in [0.05, 0.1) is 5.92 Å². The van der Waals surface area contributed by atoms with Crippen LogP contribution in [0.25, 0.3) is 11.1 Å². The zero-order chi connectivity index (χ0) is 24.9. The van der Waals surface area contributed by atoms with Gasteiger partial charge in [-0.15, -0.1) is 0 Å². The van der Waals surface area contributed by atoms with Gasteiger partial charge in [0, 0.05) is 39.1 Å². The minimum absolute atomic E-state index is 0.0614. The van der Waals surface area contributed by atoms with Gasteiger partial charge in [0.15, 0.2) is 0 Å². The summed E-state index contributed by atoms with van der Waals surface area (Å²) in [5.41, 5.74) is 4.49. The Labute approximate surface area is 205 Å². The molecule has 1 fully saturated rings. The van der Waals surface area contributed by atoms with Crippen LogP contribution in [0.3, 0.4) is 0 Å². The highest BCUT2D eigenvalue weighted by atomic mass is 16.5. The molecule has 0 saturated carbocycles. The molecule has 2 aliphatic rings. The van der Waals surface area contributed by atoms with E-state index >= 15 is 0 Å². The molecule has 0 spiro atoms. The number of hydrogen-bond donors (Lipinski definition) is 2. The van der Waals surface area contributed by atoms with Crippen LogP contribution in [0.4, 0.5) is 4.79 Å². The normalized spacial score (nSPS) is 20.0. The topological polar surface area (TPSA) is 105 Å². The molecule has 8 nitrogen and oxygen atoms in total. The van der Waals surface area contributed by atoms with E-state index in [1.807, 2.05) is 43.3 Å². The van der Waals surface area contributed by atoms with Gasteiger partial charge in [-0.2, -0.15) is 0 Å². The van der Waals surface area contributed by atoms with Crippen LogP contribution in [0.5, 0.6) is 0 Å². The molecule has 0 aromatic heterocycles. The number of carbonyl (C=O) groups excluding carboxylic acids is 2. The molecule has 0 bridgehead atoms. The molecule has 1 aliphatic heterocycles. The second kappa shape index (κ2) is 10.9. The summed E-state index contributed by atoms with van der Waals surface area (Å²) in [5.74, 6) is -1.85. The summed E-state index contributed by atoms with van der Waals surface area (Å²) in [6, 6.07) is 15.3. The van der Waals surface area contributed by atoms with Gasteiger partial charge in [0.25, 0.3) is 0 Å². The summed E-state index contributed by atoms with van der Waals surface area (Å²) in [5, 5.41) is 12.1. The number of ether oxygens (including phenoxy) is 2. The lowest BCUT2D eigenvalue weighted by atomic mass is 9.90. The predicted molar refractivity (Wildman–Crippen MR) is 130 cm³/mol. The Balaban J connectivity index is 1.42. The van der Waals surface area contributed by atoms with E-state index in [0.29, 0.717) is 13.0 Å². The highest BCUT2D eigenvalue weighted by Gasteiger charge is 2.35. The van der Waals surface area contributed by atoms with Gasteiger partial charge in [-0.3, -0.25) is 9.59 Å². The number of fused-ring (bicyclic) bond motifs is 3. The molecular formula is C27H32N2O6. The highest BCUT2D eigenvalue weighted by Crippen LogP contribution is 2.44. The number of hydrogen-bond acceptors (Lipinski definition) is 5. The van der Waals surface area contributed by atoms with Gasteiger partial charge in [-0.05, 0) is 34.6 Å². The molecule has 4 rings (SSSR count). The van der Waals surface area contributed by atoms with Crippen molar-refractivity contribution in [3.05, 3.63) is 59.7 Å². The first-order valence-corrected chi connectivity index (χ1v) is 12.0. The summed E-state index contributed by atoms with van der Waals surface area (Å²) in [4.78, 5) is 39.1. The number of piperidine rings is 1. The van der Waals surface area contributed by atoms with Crippen LogP contribution in [0, 0.1) is 11.8 Å². The Kier molecular flexibility index (Phi) is 7.70. The lowest BCUT2D eigenvalue weighted by molar-refractivity contribution is -0.147. The van der Waals surface area contributed by atoms with Crippen molar-refractivity contribution in [1.82, 2.24) is 10.2 Å². The van der Waals surface area contributed by atoms with E-state index in [4.69, 9.17) is 9.47 Å². The van der Waals surface area contributed by atoms with Crippen molar-refractivity contribution in [3.8, 4) is 11.1 Å². The van der Waals surface area contributed by atoms with Crippen LogP contribution in [-0.4, -0.2) is 67.4 Å². The van der Waals surface area contributed by atoms with Crippen molar-refractivity contribution in [1.29, 1.82) is 0 Å². The monoisotopic (exact) mass is 480 g/mol. The third kappa shape index (κ3) is 5.48. The molecule has 8 heteroatoms. The molecule has 35 heavy (non-hydrogen) atoms. The minimum atomic E-state index is -0.910. The first kappa shape index (κ1) is 24.7. The number of aliphatic carboxylic acids is 1. The number of alkyl carbamates (subject to hydrolysis) is 1. The predicted octanol–water partition coefficient (Wildman–Crippen LogP) is 3.50. The average Bonchev–Trinajstić information content (AvgIpc) is 3.18. The smallest absolute Gasteiger partial charge is 0.407 e. The van der Waals surface area contributed by atoms with Gasteiger partial charge in [-0.1, -0.05) is 55.5 Å². The van der Waals surface area contributed by atoms with Crippen LogP contribution in [0.15, 0.2) is 48.5 Å². The Hall–Kier alpha value is -3.39. The number of carboxylic acid groups (broad SMARTS) is 1. The fraction of sp³-hybridized carbons (Fsp3) is 0.444. The average molecular weight is 481 g/mol. The number of methoxy groups -OCH3 is 1. The van der Waals surface area contributed by atoms with Crippen molar-refractivity contribution in [3.63, 3.8) is 0 Å². The third-order valence-electron chi connectivity index (χ3n) is 6.87. The van der Waals surface area contributed by atoms with Gasteiger partial charge in [0.1, 0.15) is 12.6 Å². The summed E-state index contributed by atoms with van der Waals surface area (Å²) >= 11 is 0. The zero-order valence-corrected chi connectivity index (χ0v) is 20.1. The second-order valence-electron chi connectivity index (χ2n) is 9.42. The van der Waals surface area contributed by atoms with Crippen LogP contribution in [0.1, 0.15) is 36.8 Å². The van der Waals surface area contributed by atoms with E-state index in [1.165, 1.54) is 12.0 Å². The number of carboxylic acids is 1. The summed E-state index contributed by atoms with van der Waals surface area (Å²) in [6.45, 7) is 2.93. The third-order valence-corrected chi connectivity index (χ3v) is 6.87. The molecule has 2 amide bonds. The van der Waals surface area contributed by atoms with Crippen LogP contribution < -0.4 is 5.32 Å². The minimum Gasteiger partial charge on any atom is -0.481 e. The lowest BCUT2D eigenvalue weighted by Crippen LogP contribution is -2.54. The Morgan fingerprint density at radius 2 is 1.69 bits per heavy atom. The number of likely N-dealkylation sites (tertiary alicyclic amines) is 1. The van der Waals surface area contributed by atoms with Crippen molar-refractivity contribution in [2.24, 2.45) is 11.8 Å². The molecule has 1 aliphatic carbocycles. The van der Waals surface area contributed by atoms with Crippen molar-refractivity contribution < 1.29 is 29.0 Å². The van der Waals surface area contributed by atoms with Crippen LogP contribution in [0.2, 0.25) is 0 Å². The van der Waals surface area contributed by atoms with Crippen LogP contribution >= 0.6 is 0 Å². The quantitative estimate of drug-likeness (QED) is 0.599. The molecule has 186 valence electrons. The Bertz CT molecular complexity index is 1040. The zero-order valence-electron chi connectivity index (χ0n) is 20.1. The molecule has 1 heterocycles. The first-order valence-electron chi connectivity index (χ1n) is 12.0. The maximum absolute atomic E-state index is 13.2. The van der Waals surface area contributed by atoms with Gasteiger partial charge in [0.2, 0.25) is 5.91 Å². The molecule has 0 radical (unpaired) electrons. The molecule has 1 saturated heterocycles. The lowest BCUT2D eigenvalue weighted by Gasteiger charge is -2.36. The number of benzene rings is 2. The SMILES string of the molecule is COCCC(NC(=O)OCC1c2ccccc2-c2ccccc21)C(=O)N1CC(C)CC(C(=O)O)C1. The fourth-order valence-electron chi connectivity index (χ4n) is 5.21. The van der Waals surface area contributed by atoms with Crippen LogP contribution in [-0.2, 0) is 19.1 Å². The number of nitrogens with one attached hydrogen (secondary N) is 1. The molecule has 3 atom stereocenters. The summed E-state index contributed by atoms with van der Waals surface area (Å²) in [7, 11) is 1.53. The van der Waals surface area contributed by atoms with E-state index in [-0.39, 0.29) is 43.9 Å². The number of nitrogens with zero attached hydrogens (tertiary/aromatic N) is 1. The van der Waals surface area contributed by atoms with Gasteiger partial charge < -0.3 is 24.8 Å². The molecule has 2 N–H and O–H groups in total. The van der Waals surface area contributed by atoms with E-state index in [1.54, 1.807) is 0 Å². The standard InChI is InChI=1S/C27H32N2O6/c1-17-13-18(26(31)32)15-29(14-17)25(30)24(11-12-34-2)28-27(33)35-16-23-21-9-5-3-7-19(21)20-8-4-6-10-22(20)23/h3-10,17-18,23-24H,11-16H2,1-2H3,(H,28,33)(H,31,32). The van der Waals surface area contributed by atoms with Crippen molar-refractivity contribution >= 4 is 18.0 Å². The molecule has 3 unspecified atom stereocenters. The van der Waals surface area contributed by atoms with E-state index in [2.05, 4.69) is 17.4 Å². The second-order valence-corrected chi connectivity index (χ2v) is 9.42. The fourth-order valence-corrected chi connectivity index (χ4v) is 5.21. The van der Waals surface area contributed by atoms with Crippen molar-refractivity contribution in [2.45, 2.75) is 31.7 Å². The Morgan fingerprint density at radius 1 is 1.06 bits per heavy atom. The largest absolute Gasteiger partial charge is 0.481 e. The van der Waals surface area contributed by atoms with Gasteiger partial charge in [-0.25, -0.2) is 4.79 Å². The number of amides is 2. The molecular weight excluding hydrogens is 448 g/mol. The van der Waals surface area contributed by atoms with E-state index in [9.17, 15) is 19.5 Å². The number of rotatable bonds is 8. The van der Waals surface area contributed by atoms with E-state index < -0.39 is 24.0 Å². The summed E-state index contributed by atoms with van der Waals surface area (Å²) in [6.07, 6.45) is 0.116. The van der Waals surface area contributed by atoms with Crippen molar-refractivity contribution in [2.75, 3.05) is 33.4 Å². The Morgan fingerprint density at radius 3 is 2.29 bits per heavy atom. The molecule has 2 aromatic rings.